The first-order valence-electron chi connectivity index (χ1n) is 4.28. The first-order chi connectivity index (χ1) is 6.86. The summed E-state index contributed by atoms with van der Waals surface area (Å²) in [6.07, 6.45) is 0.483. The predicted molar refractivity (Wildman–Crippen MR) is 53.1 cm³/mol. The van der Waals surface area contributed by atoms with E-state index in [1.807, 2.05) is 24.3 Å². The molecule has 1 aliphatic rings. The third-order valence-electron chi connectivity index (χ3n) is 2.45. The van der Waals surface area contributed by atoms with Gasteiger partial charge in [0.15, 0.2) is 12.3 Å². The van der Waals surface area contributed by atoms with Crippen molar-refractivity contribution in [2.75, 3.05) is 0 Å². The molecule has 0 heterocycles. The molecule has 0 fully saturated rings. The number of nitrogens with one attached hydrogen (secondary N) is 1. The van der Waals surface area contributed by atoms with Crippen LogP contribution in [-0.4, -0.2) is 10.7 Å². The molecule has 0 saturated heterocycles. The maximum absolute atomic E-state index is 8.61. The van der Waals surface area contributed by atoms with E-state index in [9.17, 15) is 0 Å². The van der Waals surface area contributed by atoms with Crippen LogP contribution in [0.3, 0.4) is 0 Å². The molecule has 14 heavy (non-hydrogen) atoms. The van der Waals surface area contributed by atoms with Crippen molar-refractivity contribution in [1.82, 2.24) is 0 Å². The van der Waals surface area contributed by atoms with Crippen LogP contribution in [0.5, 0.6) is 0 Å². The molecule has 2 unspecified atom stereocenters. The monoisotopic (exact) mass is 210 g/mol. The summed E-state index contributed by atoms with van der Waals surface area (Å²) in [4.78, 5) is 0. The van der Waals surface area contributed by atoms with Gasteiger partial charge in [0.05, 0.1) is 0 Å². The third kappa shape index (κ3) is 1.54. The highest BCUT2D eigenvalue weighted by atomic mass is 32.2. The second-order valence-electron chi connectivity index (χ2n) is 3.19. The molecule has 2 atom stereocenters. The molecule has 0 aliphatic heterocycles. The molecule has 2 N–H and O–H groups in total. The highest BCUT2D eigenvalue weighted by Gasteiger charge is 2.33. The fraction of sp³-hybridized carbons (Fsp3) is 0.333. The van der Waals surface area contributed by atoms with Crippen LogP contribution in [0.2, 0.25) is 0 Å². The number of hydrogen-bond acceptors (Lipinski definition) is 5. The molecule has 0 amide bonds. The maximum atomic E-state index is 8.61. The third-order valence-corrected chi connectivity index (χ3v) is 2.79. The van der Waals surface area contributed by atoms with E-state index in [2.05, 4.69) is 5.11 Å². The number of hydrogen-bond donors (Lipinski definition) is 2. The molecule has 1 aromatic carbocycles. The van der Waals surface area contributed by atoms with Crippen LogP contribution in [-0.2, 0) is 10.6 Å². The highest BCUT2D eigenvalue weighted by molar-refractivity contribution is 7.88. The summed E-state index contributed by atoms with van der Waals surface area (Å²) < 4.78 is 13.7. The van der Waals surface area contributed by atoms with Crippen LogP contribution < -0.4 is 0 Å². The zero-order valence-electron chi connectivity index (χ0n) is 7.38. The zero-order chi connectivity index (χ0) is 9.97. The van der Waals surface area contributed by atoms with Gasteiger partial charge >= 0.3 is 0 Å². The Kier molecular flexibility index (Phi) is 2.81. The van der Waals surface area contributed by atoms with Gasteiger partial charge in [0.1, 0.15) is 12.1 Å². The van der Waals surface area contributed by atoms with Crippen molar-refractivity contribution in [3.63, 3.8) is 0 Å². The van der Waals surface area contributed by atoms with Gasteiger partial charge in [-0.25, -0.2) is 5.53 Å². The Labute approximate surface area is 86.2 Å². The minimum atomic E-state index is -0.272. The van der Waals surface area contributed by atoms with Gasteiger partial charge in [-0.05, 0) is 11.1 Å². The zero-order valence-corrected chi connectivity index (χ0v) is 8.20. The lowest BCUT2D eigenvalue weighted by Crippen LogP contribution is -2.13. The largest absolute Gasteiger partial charge is 0.307 e. The fourth-order valence-corrected chi connectivity index (χ4v) is 2.12. The maximum Gasteiger partial charge on any atom is 0.156 e. The van der Waals surface area contributed by atoms with E-state index < -0.39 is 0 Å². The average Bonchev–Trinajstić information content (AvgIpc) is 2.55. The van der Waals surface area contributed by atoms with Gasteiger partial charge in [0.25, 0.3) is 0 Å². The van der Waals surface area contributed by atoms with Crippen LogP contribution in [0.1, 0.15) is 17.2 Å². The summed E-state index contributed by atoms with van der Waals surface area (Å²) in [5.74, 6) is 0. The van der Waals surface area contributed by atoms with Gasteiger partial charge in [0.2, 0.25) is 0 Å². The number of fused-ring (bicyclic) bond motifs is 1. The van der Waals surface area contributed by atoms with Gasteiger partial charge in [-0.1, -0.05) is 24.3 Å². The van der Waals surface area contributed by atoms with Crippen LogP contribution in [0, 0.1) is 5.53 Å². The molecule has 1 aromatic rings. The molecule has 0 bridgehead atoms. The quantitative estimate of drug-likeness (QED) is 0.595. The Hall–Kier alpha value is -0.910. The van der Waals surface area contributed by atoms with Gasteiger partial charge in [0, 0.05) is 6.42 Å². The lowest BCUT2D eigenvalue weighted by Gasteiger charge is -2.12. The molecule has 0 radical (unpaired) electrons. The number of benzene rings is 1. The van der Waals surface area contributed by atoms with Crippen molar-refractivity contribution in [3.05, 3.63) is 35.4 Å². The molecule has 4 nitrogen and oxygen atoms in total. The molecule has 0 spiro atoms. The first kappa shape index (κ1) is 9.64. The summed E-state index contributed by atoms with van der Waals surface area (Å²) in [6, 6.07) is 7.55. The normalized spacial score (nSPS) is 24.6. The second kappa shape index (κ2) is 4.08. The van der Waals surface area contributed by atoms with E-state index in [1.54, 1.807) is 0 Å². The van der Waals surface area contributed by atoms with E-state index in [0.29, 0.717) is 18.7 Å². The van der Waals surface area contributed by atoms with Crippen molar-refractivity contribution < 1.29 is 8.74 Å². The minimum Gasteiger partial charge on any atom is -0.307 e. The van der Waals surface area contributed by atoms with E-state index in [4.69, 9.17) is 14.3 Å². The van der Waals surface area contributed by atoms with Gasteiger partial charge in [-0.2, -0.15) is 5.11 Å². The summed E-state index contributed by atoms with van der Waals surface area (Å²) in [5.41, 5.74) is 9.27. The summed E-state index contributed by atoms with van der Waals surface area (Å²) in [5, 5.41) is 3.53. The Morgan fingerprint density at radius 3 is 3.00 bits per heavy atom. The molecule has 1 aliphatic carbocycles. The van der Waals surface area contributed by atoms with Crippen LogP contribution in [0.15, 0.2) is 29.4 Å². The SMILES string of the molecule is N=NC1c2ccccc2CC1OSO. The fourth-order valence-electron chi connectivity index (χ4n) is 1.83. The van der Waals surface area contributed by atoms with E-state index >= 15 is 0 Å². The van der Waals surface area contributed by atoms with Gasteiger partial charge < -0.3 is 4.55 Å². The first-order valence-corrected chi connectivity index (χ1v) is 4.98. The molecular formula is C9H10N2O2S. The van der Waals surface area contributed by atoms with Crippen molar-refractivity contribution >= 4 is 12.3 Å². The highest BCUT2D eigenvalue weighted by Crippen LogP contribution is 2.37. The number of nitrogens with zero attached hydrogens (tertiary/aromatic N) is 1. The number of rotatable bonds is 3. The van der Waals surface area contributed by atoms with Crippen LogP contribution in [0.4, 0.5) is 0 Å². The Bertz CT molecular complexity index is 345. The lowest BCUT2D eigenvalue weighted by atomic mass is 10.1. The van der Waals surface area contributed by atoms with E-state index in [-0.39, 0.29) is 12.1 Å². The molecule has 0 saturated carbocycles. The van der Waals surface area contributed by atoms with Crippen molar-refractivity contribution in [2.45, 2.75) is 18.6 Å². The summed E-state index contributed by atoms with van der Waals surface area (Å²) in [7, 11) is 0. The van der Waals surface area contributed by atoms with Crippen LogP contribution in [0.25, 0.3) is 0 Å². The smallest absolute Gasteiger partial charge is 0.156 e. The molecule has 5 heteroatoms. The van der Waals surface area contributed by atoms with Crippen molar-refractivity contribution in [2.24, 2.45) is 5.11 Å². The molecule has 0 aromatic heterocycles. The van der Waals surface area contributed by atoms with Crippen LogP contribution >= 0.6 is 12.3 Å². The van der Waals surface area contributed by atoms with E-state index in [1.165, 1.54) is 0 Å². The molecule has 2 rings (SSSR count). The topological polar surface area (TPSA) is 65.7 Å². The molecule has 74 valence electrons. The second-order valence-corrected chi connectivity index (χ2v) is 3.53. The van der Waals surface area contributed by atoms with Crippen molar-refractivity contribution in [3.8, 4) is 0 Å². The summed E-state index contributed by atoms with van der Waals surface area (Å²) in [6.45, 7) is 0. The van der Waals surface area contributed by atoms with Gasteiger partial charge in [-0.3, -0.25) is 4.18 Å². The Morgan fingerprint density at radius 1 is 1.50 bits per heavy atom. The van der Waals surface area contributed by atoms with Crippen molar-refractivity contribution in [1.29, 1.82) is 5.53 Å². The summed E-state index contributed by atoms with van der Waals surface area (Å²) >= 11 is 0.345. The Balaban J connectivity index is 2.29. The van der Waals surface area contributed by atoms with Gasteiger partial charge in [-0.15, -0.1) is 0 Å². The molecular weight excluding hydrogens is 200 g/mol. The average molecular weight is 210 g/mol. The van der Waals surface area contributed by atoms with E-state index in [0.717, 1.165) is 11.1 Å². The standard InChI is InChI=1S/C9H10N2O2S/c10-11-9-7-4-2-1-3-6(7)5-8(9)13-14-12/h1-4,8-10,12H,5H2. The lowest BCUT2D eigenvalue weighted by molar-refractivity contribution is 0.203. The Morgan fingerprint density at radius 2 is 2.29 bits per heavy atom. The minimum absolute atomic E-state index is 0.222. The predicted octanol–water partition coefficient (Wildman–Crippen LogP) is 2.82.